The second-order valence-electron chi connectivity index (χ2n) is 3.80. The van der Waals surface area contributed by atoms with E-state index in [9.17, 15) is 0 Å². The molecule has 0 saturated carbocycles. The van der Waals surface area contributed by atoms with Gasteiger partial charge in [0.1, 0.15) is 5.38 Å². The van der Waals surface area contributed by atoms with Gasteiger partial charge in [-0.2, -0.15) is 5.26 Å². The lowest BCUT2D eigenvalue weighted by Crippen LogP contribution is -2.27. The third kappa shape index (κ3) is 3.54. The molecule has 13 heavy (non-hydrogen) atoms. The average Bonchev–Trinajstić information content (AvgIpc) is 2.53. The summed E-state index contributed by atoms with van der Waals surface area (Å²) in [7, 11) is 0. The summed E-state index contributed by atoms with van der Waals surface area (Å²) < 4.78 is 0. The summed E-state index contributed by atoms with van der Waals surface area (Å²) in [5, 5.41) is 8.22. The highest BCUT2D eigenvalue weighted by Gasteiger charge is 2.22. The number of rotatable bonds is 4. The smallest absolute Gasteiger partial charge is 0.133 e. The Morgan fingerprint density at radius 2 is 2.46 bits per heavy atom. The molecule has 0 aromatic carbocycles. The van der Waals surface area contributed by atoms with Crippen molar-refractivity contribution < 1.29 is 0 Å². The van der Waals surface area contributed by atoms with Gasteiger partial charge in [0.2, 0.25) is 0 Å². The normalized spacial score (nSPS) is 25.8. The Morgan fingerprint density at radius 1 is 1.69 bits per heavy atom. The minimum absolute atomic E-state index is 0.333. The first kappa shape index (κ1) is 10.8. The molecule has 1 heterocycles. The van der Waals surface area contributed by atoms with E-state index in [-0.39, 0.29) is 5.38 Å². The van der Waals surface area contributed by atoms with Crippen LogP contribution in [0.15, 0.2) is 0 Å². The molecule has 1 rings (SSSR count). The van der Waals surface area contributed by atoms with Gasteiger partial charge in [-0.15, -0.1) is 11.6 Å². The zero-order valence-electron chi connectivity index (χ0n) is 8.17. The highest BCUT2D eigenvalue weighted by Crippen LogP contribution is 2.21. The maximum absolute atomic E-state index is 8.56. The Labute approximate surface area is 85.5 Å². The fraction of sp³-hybridized carbons (Fsp3) is 0.900. The van der Waals surface area contributed by atoms with Crippen LogP contribution in [-0.4, -0.2) is 29.9 Å². The quantitative estimate of drug-likeness (QED) is 0.651. The first-order valence-electron chi connectivity index (χ1n) is 5.02. The largest absolute Gasteiger partial charge is 0.301 e. The first-order valence-corrected chi connectivity index (χ1v) is 5.46. The third-order valence-electron chi connectivity index (χ3n) is 2.63. The SMILES string of the molecule is CCCC1CCN(CC(Cl)C#N)C1. The lowest BCUT2D eigenvalue weighted by atomic mass is 10.0. The molecule has 0 radical (unpaired) electrons. The van der Waals surface area contributed by atoms with Gasteiger partial charge in [0.15, 0.2) is 0 Å². The molecular weight excluding hydrogens is 184 g/mol. The molecule has 2 unspecified atom stereocenters. The fourth-order valence-electron chi connectivity index (χ4n) is 1.99. The van der Waals surface area contributed by atoms with Crippen molar-refractivity contribution in [1.29, 1.82) is 5.26 Å². The summed E-state index contributed by atoms with van der Waals surface area (Å²) in [6.07, 6.45) is 3.86. The summed E-state index contributed by atoms with van der Waals surface area (Å²) in [6, 6.07) is 2.06. The van der Waals surface area contributed by atoms with Crippen LogP contribution in [0.25, 0.3) is 0 Å². The van der Waals surface area contributed by atoms with Crippen molar-refractivity contribution >= 4 is 11.6 Å². The molecule has 0 N–H and O–H groups in total. The predicted molar refractivity (Wildman–Crippen MR) is 54.7 cm³/mol. The van der Waals surface area contributed by atoms with Crippen LogP contribution < -0.4 is 0 Å². The van der Waals surface area contributed by atoms with Gasteiger partial charge in [0.25, 0.3) is 0 Å². The number of likely N-dealkylation sites (tertiary alicyclic amines) is 1. The monoisotopic (exact) mass is 200 g/mol. The molecule has 1 aliphatic heterocycles. The van der Waals surface area contributed by atoms with E-state index in [0.717, 1.165) is 25.6 Å². The average molecular weight is 201 g/mol. The lowest BCUT2D eigenvalue weighted by Gasteiger charge is -2.15. The van der Waals surface area contributed by atoms with Crippen molar-refractivity contribution in [3.05, 3.63) is 0 Å². The van der Waals surface area contributed by atoms with Crippen LogP contribution in [0, 0.1) is 17.2 Å². The van der Waals surface area contributed by atoms with Gasteiger partial charge in [-0.1, -0.05) is 13.3 Å². The van der Waals surface area contributed by atoms with Gasteiger partial charge in [-0.25, -0.2) is 0 Å². The molecule has 0 amide bonds. The summed E-state index contributed by atoms with van der Waals surface area (Å²) in [6.45, 7) is 5.22. The molecule has 0 aliphatic carbocycles. The number of hydrogen-bond donors (Lipinski definition) is 0. The van der Waals surface area contributed by atoms with Crippen LogP contribution in [0.2, 0.25) is 0 Å². The van der Waals surface area contributed by atoms with Gasteiger partial charge in [0.05, 0.1) is 6.07 Å². The second-order valence-corrected chi connectivity index (χ2v) is 4.33. The van der Waals surface area contributed by atoms with Crippen molar-refractivity contribution in [2.75, 3.05) is 19.6 Å². The molecule has 2 atom stereocenters. The van der Waals surface area contributed by atoms with Crippen molar-refractivity contribution in [3.63, 3.8) is 0 Å². The Morgan fingerprint density at radius 3 is 3.08 bits per heavy atom. The summed E-state index contributed by atoms with van der Waals surface area (Å²) in [4.78, 5) is 2.31. The van der Waals surface area contributed by atoms with E-state index in [0.29, 0.717) is 0 Å². The summed E-state index contributed by atoms with van der Waals surface area (Å²) in [5.74, 6) is 0.840. The van der Waals surface area contributed by atoms with E-state index in [1.165, 1.54) is 19.3 Å². The molecule has 1 fully saturated rings. The van der Waals surface area contributed by atoms with E-state index in [4.69, 9.17) is 16.9 Å². The van der Waals surface area contributed by atoms with Crippen LogP contribution in [0.4, 0.5) is 0 Å². The van der Waals surface area contributed by atoms with Crippen LogP contribution >= 0.6 is 11.6 Å². The Bertz CT molecular complexity index is 188. The van der Waals surface area contributed by atoms with Gasteiger partial charge in [0, 0.05) is 13.1 Å². The zero-order valence-corrected chi connectivity index (χ0v) is 8.93. The molecule has 0 bridgehead atoms. The number of halogens is 1. The third-order valence-corrected chi connectivity index (χ3v) is 2.86. The lowest BCUT2D eigenvalue weighted by molar-refractivity contribution is 0.329. The molecule has 2 nitrogen and oxygen atoms in total. The summed E-state index contributed by atoms with van der Waals surface area (Å²) in [5.41, 5.74) is 0. The van der Waals surface area contributed by atoms with Crippen LogP contribution in [0.1, 0.15) is 26.2 Å². The number of nitriles is 1. The minimum Gasteiger partial charge on any atom is -0.301 e. The molecule has 0 aromatic rings. The Balaban J connectivity index is 2.21. The second kappa shape index (κ2) is 5.47. The van der Waals surface area contributed by atoms with Crippen molar-refractivity contribution in [1.82, 2.24) is 4.90 Å². The van der Waals surface area contributed by atoms with E-state index >= 15 is 0 Å². The highest BCUT2D eigenvalue weighted by molar-refractivity contribution is 6.22. The van der Waals surface area contributed by atoms with E-state index in [2.05, 4.69) is 17.9 Å². The molecular formula is C10H17ClN2. The van der Waals surface area contributed by atoms with E-state index in [1.54, 1.807) is 0 Å². The van der Waals surface area contributed by atoms with Crippen LogP contribution in [-0.2, 0) is 0 Å². The first-order chi connectivity index (χ1) is 6.26. The fourth-order valence-corrected chi connectivity index (χ4v) is 2.19. The van der Waals surface area contributed by atoms with Crippen molar-refractivity contribution in [3.8, 4) is 6.07 Å². The zero-order chi connectivity index (χ0) is 9.68. The molecule has 1 aliphatic rings. The molecule has 0 aromatic heterocycles. The maximum atomic E-state index is 8.56. The number of nitrogens with zero attached hydrogens (tertiary/aromatic N) is 2. The van der Waals surface area contributed by atoms with Crippen LogP contribution in [0.5, 0.6) is 0 Å². The minimum atomic E-state index is -0.333. The van der Waals surface area contributed by atoms with Crippen molar-refractivity contribution in [2.24, 2.45) is 5.92 Å². The standard InChI is InChI=1S/C10H17ClN2/c1-2-3-9-4-5-13(7-9)8-10(11)6-12/h9-10H,2-5,7-8H2,1H3. The van der Waals surface area contributed by atoms with Gasteiger partial charge >= 0.3 is 0 Å². The van der Waals surface area contributed by atoms with Gasteiger partial charge < -0.3 is 4.90 Å². The van der Waals surface area contributed by atoms with E-state index < -0.39 is 0 Å². The van der Waals surface area contributed by atoms with E-state index in [1.807, 2.05) is 0 Å². The molecule has 74 valence electrons. The Kier molecular flexibility index (Phi) is 4.55. The van der Waals surface area contributed by atoms with Gasteiger partial charge in [-0.3, -0.25) is 0 Å². The molecule has 1 saturated heterocycles. The highest BCUT2D eigenvalue weighted by atomic mass is 35.5. The predicted octanol–water partition coefficient (Wildman–Crippen LogP) is 2.24. The maximum Gasteiger partial charge on any atom is 0.133 e. The Hall–Kier alpha value is -0.260. The van der Waals surface area contributed by atoms with Crippen molar-refractivity contribution in [2.45, 2.75) is 31.6 Å². The summed E-state index contributed by atoms with van der Waals surface area (Å²) >= 11 is 5.77. The topological polar surface area (TPSA) is 27.0 Å². The molecule has 3 heteroatoms. The number of hydrogen-bond acceptors (Lipinski definition) is 2. The van der Waals surface area contributed by atoms with Gasteiger partial charge in [-0.05, 0) is 25.3 Å². The number of alkyl halides is 1. The van der Waals surface area contributed by atoms with Crippen LogP contribution in [0.3, 0.4) is 0 Å². The molecule has 0 spiro atoms.